The van der Waals surface area contributed by atoms with Crippen molar-refractivity contribution in [2.45, 2.75) is 101 Å². The summed E-state index contributed by atoms with van der Waals surface area (Å²) in [6.07, 6.45) is 7.15. The molecule has 0 spiro atoms. The van der Waals surface area contributed by atoms with Crippen molar-refractivity contribution in [3.05, 3.63) is 95.1 Å². The average molecular weight is 1090 g/mol. The molecule has 2 saturated heterocycles. The van der Waals surface area contributed by atoms with Crippen LogP contribution in [0.1, 0.15) is 73.6 Å². The number of carbonyl (C=O) groups is 2. The van der Waals surface area contributed by atoms with Crippen LogP contribution in [0.25, 0.3) is 0 Å². The lowest BCUT2D eigenvalue weighted by molar-refractivity contribution is -0.137. The van der Waals surface area contributed by atoms with E-state index in [0.717, 1.165) is 60.7 Å². The van der Waals surface area contributed by atoms with Gasteiger partial charge in [0.2, 0.25) is 26.0 Å². The van der Waals surface area contributed by atoms with E-state index in [1.165, 1.54) is 56.9 Å². The van der Waals surface area contributed by atoms with Crippen LogP contribution >= 0.6 is 12.4 Å². The molecule has 1 amide bonds. The molecule has 74 heavy (non-hydrogen) atoms. The maximum Gasteiger partial charge on any atom is 0.304 e. The largest absolute Gasteiger partial charge is 0.497 e. The Morgan fingerprint density at radius 2 is 0.973 bits per heavy atom. The lowest BCUT2D eigenvalue weighted by Crippen LogP contribution is -2.31. The Balaban J connectivity index is 0.000000320. The van der Waals surface area contributed by atoms with Crippen molar-refractivity contribution in [1.82, 2.24) is 18.4 Å². The summed E-state index contributed by atoms with van der Waals surface area (Å²) in [4.78, 5) is 33.1. The third kappa shape index (κ3) is 18.0. The summed E-state index contributed by atoms with van der Waals surface area (Å²) in [6, 6.07) is 24.2. The monoisotopic (exact) mass is 1090 g/mol. The first-order chi connectivity index (χ1) is 34.4. The number of methoxy groups -OCH3 is 2. The number of carboxylic acids is 1. The second kappa shape index (κ2) is 29.2. The highest BCUT2D eigenvalue weighted by Gasteiger charge is 2.28. The van der Waals surface area contributed by atoms with E-state index in [1.54, 1.807) is 59.1 Å². The third-order valence-electron chi connectivity index (χ3n) is 13.6. The van der Waals surface area contributed by atoms with Crippen LogP contribution in [0.15, 0.2) is 82.6 Å². The number of carboxylic acid groups (broad SMARTS) is 1. The smallest absolute Gasteiger partial charge is 0.304 e. The molecule has 2 atom stereocenters. The van der Waals surface area contributed by atoms with E-state index in [1.807, 2.05) is 36.4 Å². The Hall–Kier alpha value is -5.15. The Morgan fingerprint density at radius 3 is 1.32 bits per heavy atom. The molecule has 6 rings (SSSR count). The van der Waals surface area contributed by atoms with Gasteiger partial charge in [-0.25, -0.2) is 25.4 Å². The van der Waals surface area contributed by atoms with Crippen LogP contribution < -0.4 is 30.3 Å². The fourth-order valence-corrected chi connectivity index (χ4v) is 12.5. The maximum absolute atomic E-state index is 13.2. The first kappa shape index (κ1) is 63.1. The van der Waals surface area contributed by atoms with E-state index >= 15 is 0 Å². The first-order valence-electron chi connectivity index (χ1n) is 24.9. The van der Waals surface area contributed by atoms with Crippen LogP contribution in [0, 0.1) is 27.7 Å². The van der Waals surface area contributed by atoms with E-state index in [-0.39, 0.29) is 54.0 Å². The summed E-state index contributed by atoms with van der Waals surface area (Å²) < 4.78 is 63.9. The molecule has 4 N–H and O–H groups in total. The number of rotatable bonds is 17. The number of nitrogens with one attached hydrogen (secondary N) is 1. The molecule has 20 heteroatoms. The molecule has 2 aliphatic rings. The van der Waals surface area contributed by atoms with Gasteiger partial charge in [-0.05, 0) is 189 Å². The molecular formula is C54H83ClN8O9S2. The summed E-state index contributed by atoms with van der Waals surface area (Å²) in [5, 5.41) is 11.5. The number of nitrogens with two attached hydrogens (primary N) is 1. The number of amides is 1. The molecule has 0 aromatic heterocycles. The number of anilines is 4. The van der Waals surface area contributed by atoms with E-state index in [9.17, 15) is 26.4 Å². The number of aryl methyl sites for hydroxylation is 4. The van der Waals surface area contributed by atoms with Crippen LogP contribution in [0.3, 0.4) is 0 Å². The minimum atomic E-state index is -3.74. The summed E-state index contributed by atoms with van der Waals surface area (Å²) >= 11 is 0. The highest BCUT2D eigenvalue weighted by molar-refractivity contribution is 7.89. The van der Waals surface area contributed by atoms with Gasteiger partial charge in [0.05, 0.1) is 30.4 Å². The first-order valence-corrected chi connectivity index (χ1v) is 27.8. The standard InChI is InChI=1S/C27H40N4O4S.C14H23N3.C13H19NO5S.ClH/c1-20-18-25(35-6)19-21(2)27(20)36(33,34)30(5)16-14-26(32)28-22-9-11-24(12-10-22)31-15-7-8-23(13-17-31)29(3)4;1-16(2)13-4-3-10-17(11-9-13)14-7-5-12(15)6-8-14;1-9-7-11(19-4)8-10(2)13(9)20(17,18)14(3)6-5-12(15)16;/h9-12,18-19,23H,7-8,13-17H2,1-6H3,(H,28,32);5-8,13H,3-4,9-11,15H2,1-2H3;7-8H,5-6H2,1-4H3,(H,15,16);1H. The predicted molar refractivity (Wildman–Crippen MR) is 302 cm³/mol. The van der Waals surface area contributed by atoms with E-state index in [0.29, 0.717) is 45.5 Å². The van der Waals surface area contributed by atoms with Crippen LogP contribution in [-0.4, -0.2) is 160 Å². The zero-order valence-electron chi connectivity index (χ0n) is 45.7. The molecule has 2 heterocycles. The van der Waals surface area contributed by atoms with E-state index in [4.69, 9.17) is 20.3 Å². The Bertz CT molecular complexity index is 2610. The van der Waals surface area contributed by atoms with Gasteiger partial charge in [0.1, 0.15) is 11.5 Å². The molecule has 4 aromatic carbocycles. The second-order valence-corrected chi connectivity index (χ2v) is 23.4. The fraction of sp³-hybridized carbons (Fsp3) is 0.519. The van der Waals surface area contributed by atoms with Crippen molar-refractivity contribution >= 4 is 67.1 Å². The molecule has 0 saturated carbocycles. The Kier molecular flexibility index (Phi) is 24.9. The molecule has 17 nitrogen and oxygen atoms in total. The summed E-state index contributed by atoms with van der Waals surface area (Å²) in [5.41, 5.74) is 12.1. The van der Waals surface area contributed by atoms with Crippen molar-refractivity contribution in [3.8, 4) is 11.5 Å². The van der Waals surface area contributed by atoms with Gasteiger partial charge in [-0.2, -0.15) is 0 Å². The van der Waals surface area contributed by atoms with Crippen LogP contribution in [-0.2, 0) is 29.6 Å². The van der Waals surface area contributed by atoms with Gasteiger partial charge in [-0.1, -0.05) is 0 Å². The normalized spacial score (nSPS) is 16.3. The Labute approximate surface area is 448 Å². The SMILES string of the molecule is CN(C)C1CCCN(c2ccc(N)cc2)CC1.COc1cc(C)c(S(=O)(=O)N(C)CCC(=O)Nc2ccc(N3CCCC(N(C)C)CC3)cc2)c(C)c1.COc1cc(C)c(S(=O)(=O)N(C)CCC(=O)O)c(C)c1.Cl. The lowest BCUT2D eigenvalue weighted by atomic mass is 10.1. The van der Waals surface area contributed by atoms with Crippen molar-refractivity contribution in [2.24, 2.45) is 0 Å². The molecule has 412 valence electrons. The lowest BCUT2D eigenvalue weighted by Gasteiger charge is -2.25. The van der Waals surface area contributed by atoms with Crippen LogP contribution in [0.2, 0.25) is 0 Å². The summed E-state index contributed by atoms with van der Waals surface area (Å²) in [7, 11) is 7.16. The van der Waals surface area contributed by atoms with Crippen LogP contribution in [0.5, 0.6) is 11.5 Å². The highest BCUT2D eigenvalue weighted by atomic mass is 35.5. The summed E-state index contributed by atoms with van der Waals surface area (Å²) in [6.45, 7) is 11.2. The minimum absolute atomic E-state index is 0. The van der Waals surface area contributed by atoms with Crippen molar-refractivity contribution in [1.29, 1.82) is 0 Å². The van der Waals surface area contributed by atoms with Crippen LogP contribution in [0.4, 0.5) is 22.7 Å². The van der Waals surface area contributed by atoms with Gasteiger partial charge in [0.15, 0.2) is 0 Å². The van der Waals surface area contributed by atoms with Crippen molar-refractivity contribution in [3.63, 3.8) is 0 Å². The number of ether oxygens (including phenoxy) is 2. The van der Waals surface area contributed by atoms with Gasteiger partial charge >= 0.3 is 5.97 Å². The molecule has 2 unspecified atom stereocenters. The van der Waals surface area contributed by atoms with Gasteiger partial charge in [0.25, 0.3) is 0 Å². The molecule has 0 radical (unpaired) electrons. The van der Waals surface area contributed by atoms with E-state index in [2.05, 4.69) is 65.2 Å². The number of aliphatic carboxylic acids is 1. The molecule has 4 aromatic rings. The van der Waals surface area contributed by atoms with Gasteiger partial charge in [-0.3, -0.25) is 9.59 Å². The summed E-state index contributed by atoms with van der Waals surface area (Å²) in [5.74, 6) is -0.0514. The van der Waals surface area contributed by atoms with Crippen molar-refractivity contribution in [2.75, 3.05) is 117 Å². The van der Waals surface area contributed by atoms with Gasteiger partial charge in [-0.15, -0.1) is 12.4 Å². The number of carbonyl (C=O) groups excluding carboxylic acids is 1. The fourth-order valence-electron chi connectivity index (χ4n) is 9.31. The number of hydrogen-bond acceptors (Lipinski definition) is 13. The molecule has 2 fully saturated rings. The number of hydrogen-bond donors (Lipinski definition) is 3. The number of halogens is 1. The molecule has 0 aliphatic carbocycles. The molecule has 0 bridgehead atoms. The van der Waals surface area contributed by atoms with E-state index < -0.39 is 26.0 Å². The van der Waals surface area contributed by atoms with Crippen molar-refractivity contribution < 1.29 is 41.0 Å². The highest BCUT2D eigenvalue weighted by Crippen LogP contribution is 2.30. The number of nitrogen functional groups attached to an aromatic ring is 1. The van der Waals surface area contributed by atoms with Gasteiger partial charge < -0.3 is 45.2 Å². The number of nitrogens with zero attached hydrogens (tertiary/aromatic N) is 6. The average Bonchev–Trinajstić information content (AvgIpc) is 3.75. The predicted octanol–water partition coefficient (Wildman–Crippen LogP) is 7.90. The van der Waals surface area contributed by atoms with Gasteiger partial charge in [0, 0.05) is 94.6 Å². The maximum atomic E-state index is 13.2. The zero-order chi connectivity index (χ0) is 54.2. The third-order valence-corrected chi connectivity index (χ3v) is 17.9. The molecule has 2 aliphatic heterocycles. The quantitative estimate of drug-likeness (QED) is 0.0863. The second-order valence-electron chi connectivity index (χ2n) is 19.5. The number of sulfonamides is 2. The topological polar surface area (TPSA) is 199 Å². The molecular weight excluding hydrogens is 1000 g/mol. The number of benzene rings is 4. The minimum Gasteiger partial charge on any atom is -0.497 e. The Morgan fingerprint density at radius 1 is 0.608 bits per heavy atom. The zero-order valence-corrected chi connectivity index (χ0v) is 48.1.